The fraction of sp³-hybridized carbons (Fsp3) is 0.250. The minimum Gasteiger partial charge on any atom is -0.377 e. The van der Waals surface area contributed by atoms with Crippen LogP contribution in [0.25, 0.3) is 0 Å². The lowest BCUT2D eigenvalue weighted by Gasteiger charge is -2.13. The Hall–Kier alpha value is 0.266. The van der Waals surface area contributed by atoms with E-state index in [-0.39, 0.29) is 23.1 Å². The number of halogens is 1. The van der Waals surface area contributed by atoms with Gasteiger partial charge < -0.3 is 4.90 Å². The molecule has 1 rings (SSSR count). The van der Waals surface area contributed by atoms with Crippen LogP contribution in [0.5, 0.6) is 0 Å². The summed E-state index contributed by atoms with van der Waals surface area (Å²) in [5.74, 6) is 0. The van der Waals surface area contributed by atoms with Crippen molar-refractivity contribution in [3.05, 3.63) is 28.7 Å². The van der Waals surface area contributed by atoms with Crippen LogP contribution in [0.15, 0.2) is 28.7 Å². The van der Waals surface area contributed by atoms with E-state index in [0.717, 1.165) is 4.47 Å². The standard InChI is InChI=1S/C8H10BrN.Mg.2H/c1-10(2)8-6-4-3-5-7(8)9;;;/h3-6H,1-2H3;;;. The number of hydrogen-bond donors (Lipinski definition) is 0. The van der Waals surface area contributed by atoms with Crippen LogP contribution in [-0.4, -0.2) is 37.1 Å². The second-order valence-electron chi connectivity index (χ2n) is 2.35. The fourth-order valence-corrected chi connectivity index (χ4v) is 1.45. The molecule has 0 amide bonds. The normalized spacial score (nSPS) is 8.64. The molecule has 0 bridgehead atoms. The van der Waals surface area contributed by atoms with Crippen molar-refractivity contribution in [1.82, 2.24) is 0 Å². The van der Waals surface area contributed by atoms with Crippen molar-refractivity contribution >= 4 is 44.7 Å². The van der Waals surface area contributed by atoms with Crippen molar-refractivity contribution in [2.24, 2.45) is 0 Å². The first-order valence-corrected chi connectivity index (χ1v) is 3.93. The summed E-state index contributed by atoms with van der Waals surface area (Å²) in [6.07, 6.45) is 0. The van der Waals surface area contributed by atoms with Crippen LogP contribution in [-0.2, 0) is 0 Å². The quantitative estimate of drug-likeness (QED) is 0.658. The molecular weight excluding hydrogens is 214 g/mol. The molecule has 0 aliphatic rings. The number of anilines is 1. The molecule has 0 heterocycles. The lowest BCUT2D eigenvalue weighted by atomic mass is 10.3. The first-order valence-electron chi connectivity index (χ1n) is 3.13. The number of rotatable bonds is 1. The van der Waals surface area contributed by atoms with E-state index >= 15 is 0 Å². The highest BCUT2D eigenvalue weighted by Crippen LogP contribution is 2.22. The largest absolute Gasteiger partial charge is 0.377 e. The summed E-state index contributed by atoms with van der Waals surface area (Å²) in [6, 6.07) is 8.15. The van der Waals surface area contributed by atoms with Crippen molar-refractivity contribution in [2.45, 2.75) is 0 Å². The Morgan fingerprint density at radius 2 is 1.73 bits per heavy atom. The second kappa shape index (κ2) is 5.01. The molecule has 0 saturated carbocycles. The molecule has 11 heavy (non-hydrogen) atoms. The highest BCUT2D eigenvalue weighted by atomic mass is 79.9. The summed E-state index contributed by atoms with van der Waals surface area (Å²) < 4.78 is 1.14. The molecule has 0 unspecified atom stereocenters. The van der Waals surface area contributed by atoms with Gasteiger partial charge in [-0.2, -0.15) is 0 Å². The molecule has 1 aromatic carbocycles. The monoisotopic (exact) mass is 225 g/mol. The highest BCUT2D eigenvalue weighted by molar-refractivity contribution is 9.10. The van der Waals surface area contributed by atoms with Gasteiger partial charge in [0, 0.05) is 18.6 Å². The van der Waals surface area contributed by atoms with Gasteiger partial charge in [0.1, 0.15) is 0 Å². The summed E-state index contributed by atoms with van der Waals surface area (Å²) in [4.78, 5) is 2.07. The van der Waals surface area contributed by atoms with Gasteiger partial charge >= 0.3 is 23.1 Å². The van der Waals surface area contributed by atoms with Gasteiger partial charge in [0.25, 0.3) is 0 Å². The van der Waals surface area contributed by atoms with Crippen molar-refractivity contribution < 1.29 is 0 Å². The molecule has 0 N–H and O–H groups in total. The van der Waals surface area contributed by atoms with Crippen LogP contribution in [0, 0.1) is 0 Å². The molecule has 58 valence electrons. The Bertz CT molecular complexity index is 225. The van der Waals surface area contributed by atoms with Crippen LogP contribution in [0.1, 0.15) is 0 Å². The van der Waals surface area contributed by atoms with Crippen molar-refractivity contribution in [3.63, 3.8) is 0 Å². The van der Waals surface area contributed by atoms with E-state index in [1.54, 1.807) is 0 Å². The van der Waals surface area contributed by atoms with Crippen molar-refractivity contribution in [1.29, 1.82) is 0 Å². The first kappa shape index (κ1) is 11.3. The van der Waals surface area contributed by atoms with Crippen molar-refractivity contribution in [2.75, 3.05) is 19.0 Å². The third kappa shape index (κ3) is 3.01. The zero-order chi connectivity index (χ0) is 7.56. The molecule has 0 aliphatic heterocycles. The van der Waals surface area contributed by atoms with Crippen molar-refractivity contribution in [3.8, 4) is 0 Å². The third-order valence-electron chi connectivity index (χ3n) is 1.33. The molecule has 0 saturated heterocycles. The Morgan fingerprint density at radius 1 is 1.18 bits per heavy atom. The molecule has 0 spiro atoms. The van der Waals surface area contributed by atoms with Gasteiger partial charge in [-0.15, -0.1) is 0 Å². The van der Waals surface area contributed by atoms with E-state index < -0.39 is 0 Å². The van der Waals surface area contributed by atoms with E-state index in [0.29, 0.717) is 0 Å². The maximum atomic E-state index is 3.46. The number of para-hydroxylation sites is 1. The molecule has 1 nitrogen and oxygen atoms in total. The van der Waals surface area contributed by atoms with E-state index in [1.165, 1.54) is 5.69 Å². The Labute approximate surface area is 92.1 Å². The zero-order valence-electron chi connectivity index (χ0n) is 6.13. The molecule has 0 radical (unpaired) electrons. The van der Waals surface area contributed by atoms with Gasteiger partial charge in [0.2, 0.25) is 0 Å². The first-order chi connectivity index (χ1) is 4.72. The number of benzene rings is 1. The zero-order valence-corrected chi connectivity index (χ0v) is 7.72. The van der Waals surface area contributed by atoms with Crippen LogP contribution in [0.3, 0.4) is 0 Å². The van der Waals surface area contributed by atoms with Crippen LogP contribution in [0.4, 0.5) is 5.69 Å². The topological polar surface area (TPSA) is 3.24 Å². The SMILES string of the molecule is CN(C)c1ccccc1Br.[MgH2]. The summed E-state index contributed by atoms with van der Waals surface area (Å²) in [6.45, 7) is 0. The van der Waals surface area contributed by atoms with Gasteiger partial charge in [-0.3, -0.25) is 0 Å². The van der Waals surface area contributed by atoms with Gasteiger partial charge in [-0.1, -0.05) is 12.1 Å². The summed E-state index contributed by atoms with van der Waals surface area (Å²) >= 11 is 3.46. The smallest absolute Gasteiger partial charge is 0.316 e. The molecule has 0 aromatic heterocycles. The molecule has 0 atom stereocenters. The molecule has 1 aromatic rings. The second-order valence-corrected chi connectivity index (χ2v) is 3.20. The highest BCUT2D eigenvalue weighted by Gasteiger charge is 1.97. The Kier molecular flexibility index (Phi) is 5.13. The van der Waals surface area contributed by atoms with Crippen LogP contribution in [0.2, 0.25) is 0 Å². The van der Waals surface area contributed by atoms with Gasteiger partial charge in [-0.05, 0) is 28.1 Å². The maximum absolute atomic E-state index is 3.46. The number of nitrogens with zero attached hydrogens (tertiary/aromatic N) is 1. The summed E-state index contributed by atoms with van der Waals surface area (Å²) in [5.41, 5.74) is 1.21. The minimum atomic E-state index is 0. The number of hydrogen-bond acceptors (Lipinski definition) is 1. The Morgan fingerprint density at radius 3 is 2.09 bits per heavy atom. The van der Waals surface area contributed by atoms with E-state index in [1.807, 2.05) is 32.3 Å². The fourth-order valence-electron chi connectivity index (χ4n) is 0.814. The van der Waals surface area contributed by atoms with Gasteiger partial charge in [-0.25, -0.2) is 0 Å². The molecule has 3 heteroatoms. The van der Waals surface area contributed by atoms with E-state index in [4.69, 9.17) is 0 Å². The van der Waals surface area contributed by atoms with E-state index in [9.17, 15) is 0 Å². The average molecular weight is 226 g/mol. The van der Waals surface area contributed by atoms with Gasteiger partial charge in [0.05, 0.1) is 5.69 Å². The predicted molar refractivity (Wildman–Crippen MR) is 57.0 cm³/mol. The Balaban J connectivity index is 0.000001000. The average Bonchev–Trinajstić information content (AvgIpc) is 1.88. The summed E-state index contributed by atoms with van der Waals surface area (Å²) in [5, 5.41) is 0. The predicted octanol–water partition coefficient (Wildman–Crippen LogP) is 1.60. The van der Waals surface area contributed by atoms with Gasteiger partial charge in [0.15, 0.2) is 0 Å². The van der Waals surface area contributed by atoms with E-state index in [2.05, 4.69) is 26.9 Å². The molecule has 0 aliphatic carbocycles. The minimum absolute atomic E-state index is 0. The molecule has 0 fully saturated rings. The maximum Gasteiger partial charge on any atom is 0.316 e. The molecular formula is C8H12BrMgN. The summed E-state index contributed by atoms with van der Waals surface area (Å²) in [7, 11) is 4.06. The third-order valence-corrected chi connectivity index (χ3v) is 2.00. The van der Waals surface area contributed by atoms with Crippen LogP contribution >= 0.6 is 15.9 Å². The van der Waals surface area contributed by atoms with Crippen LogP contribution < -0.4 is 4.90 Å². The lowest BCUT2D eigenvalue weighted by Crippen LogP contribution is -2.08. The lowest BCUT2D eigenvalue weighted by molar-refractivity contribution is 1.12.